The molecule has 11 heteroatoms. The Morgan fingerprint density at radius 2 is 1.96 bits per heavy atom. The number of pyridine rings is 1. The summed E-state index contributed by atoms with van der Waals surface area (Å²) in [4.78, 5) is 24.5. The fourth-order valence-corrected chi connectivity index (χ4v) is 3.26. The van der Waals surface area contributed by atoms with Crippen LogP contribution >= 0.6 is 0 Å². The van der Waals surface area contributed by atoms with Crippen LogP contribution < -0.4 is 9.74 Å². The summed E-state index contributed by atoms with van der Waals surface area (Å²) >= 11 is 0. The molecule has 0 spiro atoms. The lowest BCUT2D eigenvalue weighted by atomic mass is 10.0. The number of nitrogens with zero attached hydrogens (tertiary/aromatic N) is 1. The number of carbonyl (C=O) groups excluding carboxylic acids is 1. The molecule has 0 saturated heterocycles. The molecule has 0 saturated carbocycles. The van der Waals surface area contributed by atoms with Crippen molar-refractivity contribution in [1.82, 2.24) is 4.57 Å². The van der Waals surface area contributed by atoms with E-state index in [4.69, 9.17) is 4.74 Å². The van der Waals surface area contributed by atoms with Crippen LogP contribution in [0.2, 0.25) is 0 Å². The number of halogens is 3. The van der Waals surface area contributed by atoms with E-state index in [1.54, 1.807) is 6.92 Å². The summed E-state index contributed by atoms with van der Waals surface area (Å²) in [6.45, 7) is 2.92. The van der Waals surface area contributed by atoms with Gasteiger partial charge in [0, 0.05) is 18.3 Å². The highest BCUT2D eigenvalue weighted by atomic mass is 32.2. The van der Waals surface area contributed by atoms with Crippen molar-refractivity contribution in [3.05, 3.63) is 27.2 Å². The SMILES string of the molecule is CCOC(=O)c1c(OS(=O)(=O)C(F)(F)F)c2c(n(C)c1=O)CC[C@H]2C. The van der Waals surface area contributed by atoms with E-state index in [9.17, 15) is 31.2 Å². The summed E-state index contributed by atoms with van der Waals surface area (Å²) in [5, 5.41) is 0. The lowest BCUT2D eigenvalue weighted by Gasteiger charge is -2.19. The molecule has 0 fully saturated rings. The number of hydrogen-bond acceptors (Lipinski definition) is 6. The highest BCUT2D eigenvalue weighted by Gasteiger charge is 2.50. The van der Waals surface area contributed by atoms with Crippen LogP contribution in [0.5, 0.6) is 5.75 Å². The summed E-state index contributed by atoms with van der Waals surface area (Å²) < 4.78 is 71.1. The van der Waals surface area contributed by atoms with Gasteiger partial charge in [-0.15, -0.1) is 0 Å². The Kier molecular flexibility index (Phi) is 4.90. The lowest BCUT2D eigenvalue weighted by Crippen LogP contribution is -2.33. The molecule has 0 aromatic carbocycles. The van der Waals surface area contributed by atoms with Gasteiger partial charge in [0.05, 0.1) is 6.61 Å². The van der Waals surface area contributed by atoms with Crippen LogP contribution in [0.1, 0.15) is 47.8 Å². The van der Waals surface area contributed by atoms with E-state index in [2.05, 4.69) is 4.18 Å². The molecule has 1 aliphatic rings. The molecule has 1 aromatic heterocycles. The third-order valence-electron chi connectivity index (χ3n) is 3.97. The lowest BCUT2D eigenvalue weighted by molar-refractivity contribution is -0.0501. The van der Waals surface area contributed by atoms with Crippen molar-refractivity contribution in [3.63, 3.8) is 0 Å². The zero-order chi connectivity index (χ0) is 19.2. The van der Waals surface area contributed by atoms with Gasteiger partial charge >= 0.3 is 21.6 Å². The van der Waals surface area contributed by atoms with Crippen molar-refractivity contribution in [3.8, 4) is 5.75 Å². The average Bonchev–Trinajstić information content (AvgIpc) is 2.85. The molecule has 1 aliphatic carbocycles. The monoisotopic (exact) mass is 383 g/mol. The first-order valence-electron chi connectivity index (χ1n) is 7.36. The molecule has 1 aromatic rings. The Labute approximate surface area is 141 Å². The molecular weight excluding hydrogens is 367 g/mol. The van der Waals surface area contributed by atoms with Gasteiger partial charge in [0.1, 0.15) is 0 Å². The summed E-state index contributed by atoms with van der Waals surface area (Å²) in [6, 6.07) is 0. The van der Waals surface area contributed by atoms with E-state index >= 15 is 0 Å². The van der Waals surface area contributed by atoms with Gasteiger partial charge in [0.15, 0.2) is 11.3 Å². The van der Waals surface area contributed by atoms with Gasteiger partial charge in [-0.05, 0) is 25.7 Å². The summed E-state index contributed by atoms with van der Waals surface area (Å²) in [7, 11) is -4.70. The summed E-state index contributed by atoms with van der Waals surface area (Å²) in [5.41, 5.74) is -7.10. The zero-order valence-electron chi connectivity index (χ0n) is 13.6. The van der Waals surface area contributed by atoms with Crippen molar-refractivity contribution in [2.24, 2.45) is 7.05 Å². The number of hydrogen-bond donors (Lipinski definition) is 0. The number of esters is 1. The molecule has 2 rings (SSSR count). The Hall–Kier alpha value is -2.04. The van der Waals surface area contributed by atoms with E-state index in [0.717, 1.165) is 4.57 Å². The highest BCUT2D eigenvalue weighted by molar-refractivity contribution is 7.88. The number of ether oxygens (including phenoxy) is 1. The van der Waals surface area contributed by atoms with Gasteiger partial charge in [-0.2, -0.15) is 21.6 Å². The average molecular weight is 383 g/mol. The van der Waals surface area contributed by atoms with Crippen molar-refractivity contribution >= 4 is 16.1 Å². The van der Waals surface area contributed by atoms with Crippen molar-refractivity contribution < 1.29 is 35.3 Å². The maximum absolute atomic E-state index is 12.7. The maximum atomic E-state index is 12.7. The molecular formula is C14H16F3NO6S. The minimum Gasteiger partial charge on any atom is -0.462 e. The topological polar surface area (TPSA) is 91.7 Å². The molecule has 140 valence electrons. The fourth-order valence-electron chi connectivity index (χ4n) is 2.77. The van der Waals surface area contributed by atoms with Gasteiger partial charge < -0.3 is 13.5 Å². The van der Waals surface area contributed by atoms with Crippen molar-refractivity contribution in [2.75, 3.05) is 6.61 Å². The fraction of sp³-hybridized carbons (Fsp3) is 0.571. The molecule has 1 atom stereocenters. The summed E-state index contributed by atoms with van der Waals surface area (Å²) in [6.07, 6.45) is 0.811. The standard InChI is InChI=1S/C14H16F3NO6S/c1-4-23-13(20)10-11(24-25(21,22)14(15,16)17)9-7(2)5-6-8(9)18(3)12(10)19/h7H,4-6H2,1-3H3/t7-/m1/s1. The van der Waals surface area contributed by atoms with Gasteiger partial charge in [-0.25, -0.2) is 4.79 Å². The van der Waals surface area contributed by atoms with Crippen LogP contribution in [-0.4, -0.2) is 31.1 Å². The normalized spacial score (nSPS) is 17.3. The highest BCUT2D eigenvalue weighted by Crippen LogP contribution is 2.41. The van der Waals surface area contributed by atoms with E-state index in [0.29, 0.717) is 18.5 Å². The van der Waals surface area contributed by atoms with Gasteiger partial charge in [0.25, 0.3) is 5.56 Å². The minimum absolute atomic E-state index is 0.0954. The second kappa shape index (κ2) is 6.36. The largest absolute Gasteiger partial charge is 0.534 e. The predicted octanol–water partition coefficient (Wildman–Crippen LogP) is 1.84. The molecule has 1 heterocycles. The van der Waals surface area contributed by atoms with E-state index in [1.165, 1.54) is 14.0 Å². The summed E-state index contributed by atoms with van der Waals surface area (Å²) in [5.74, 6) is -2.52. The van der Waals surface area contributed by atoms with Crippen LogP contribution in [0.15, 0.2) is 4.79 Å². The number of carbonyl (C=O) groups is 1. The van der Waals surface area contributed by atoms with Crippen LogP contribution in [0, 0.1) is 0 Å². The minimum atomic E-state index is -6.05. The van der Waals surface area contributed by atoms with Gasteiger partial charge in [-0.3, -0.25) is 4.79 Å². The number of fused-ring (bicyclic) bond motifs is 1. The third-order valence-corrected chi connectivity index (χ3v) is 4.92. The molecule has 0 bridgehead atoms. The van der Waals surface area contributed by atoms with Crippen molar-refractivity contribution in [2.45, 2.75) is 38.1 Å². The molecule has 0 amide bonds. The molecule has 0 N–H and O–H groups in total. The zero-order valence-corrected chi connectivity index (χ0v) is 14.5. The molecule has 0 unspecified atom stereocenters. The Bertz CT molecular complexity index is 872. The van der Waals surface area contributed by atoms with Crippen molar-refractivity contribution in [1.29, 1.82) is 0 Å². The van der Waals surface area contributed by atoms with E-state index < -0.39 is 44.4 Å². The molecule has 0 aliphatic heterocycles. The number of alkyl halides is 3. The first-order valence-corrected chi connectivity index (χ1v) is 8.76. The number of rotatable bonds is 4. The Balaban J connectivity index is 2.80. The first-order chi connectivity index (χ1) is 11.4. The molecule has 25 heavy (non-hydrogen) atoms. The second-order valence-electron chi connectivity index (χ2n) is 5.57. The van der Waals surface area contributed by atoms with E-state index in [1.807, 2.05) is 0 Å². The second-order valence-corrected chi connectivity index (χ2v) is 7.11. The molecule has 7 nitrogen and oxygen atoms in total. The van der Waals surface area contributed by atoms with Crippen LogP contribution in [0.4, 0.5) is 13.2 Å². The quantitative estimate of drug-likeness (QED) is 0.448. The number of aromatic nitrogens is 1. The Morgan fingerprint density at radius 1 is 1.36 bits per heavy atom. The van der Waals surface area contributed by atoms with Gasteiger partial charge in [0.2, 0.25) is 0 Å². The van der Waals surface area contributed by atoms with Crippen LogP contribution in [0.3, 0.4) is 0 Å². The predicted molar refractivity (Wildman–Crippen MR) is 80.0 cm³/mol. The first kappa shape index (κ1) is 19.3. The van der Waals surface area contributed by atoms with Crippen LogP contribution in [-0.2, 0) is 28.3 Å². The Morgan fingerprint density at radius 3 is 2.48 bits per heavy atom. The molecule has 0 radical (unpaired) electrons. The third kappa shape index (κ3) is 3.24. The smallest absolute Gasteiger partial charge is 0.462 e. The maximum Gasteiger partial charge on any atom is 0.534 e. The van der Waals surface area contributed by atoms with Crippen LogP contribution in [0.25, 0.3) is 0 Å². The van der Waals surface area contributed by atoms with Gasteiger partial charge in [-0.1, -0.05) is 6.92 Å². The van der Waals surface area contributed by atoms with E-state index in [-0.39, 0.29) is 12.2 Å².